The average molecular weight is 178 g/mol. The maximum absolute atomic E-state index is 2.34. The second kappa shape index (κ2) is 4.76. The predicted octanol–water partition coefficient (Wildman–Crippen LogP) is 1.14. The van der Waals surface area contributed by atoms with E-state index in [4.69, 9.17) is 0 Å². The molecular weight excluding hydrogens is 162 g/mol. The lowest BCUT2D eigenvalue weighted by molar-refractivity contribution is 0.877. The molecule has 0 aliphatic carbocycles. The van der Waals surface area contributed by atoms with Gasteiger partial charge in [0.25, 0.3) is 0 Å². The van der Waals surface area contributed by atoms with Crippen LogP contribution in [0.3, 0.4) is 0 Å². The molecule has 12 heavy (non-hydrogen) atoms. The minimum Gasteiger partial charge on any atom is -0.154 e. The highest BCUT2D eigenvalue weighted by molar-refractivity contribution is 7.10. The topological polar surface area (TPSA) is 0 Å². The first-order chi connectivity index (χ1) is 5.75. The summed E-state index contributed by atoms with van der Waals surface area (Å²) in [5.41, 5.74) is 3.04. The summed E-state index contributed by atoms with van der Waals surface area (Å²) in [4.78, 5) is 0. The summed E-state index contributed by atoms with van der Waals surface area (Å²) < 4.78 is 0. The lowest BCUT2D eigenvalue weighted by atomic mass is 9.43. The van der Waals surface area contributed by atoms with E-state index in [9.17, 15) is 0 Å². The minimum absolute atomic E-state index is 0.760. The van der Waals surface area contributed by atoms with Crippen LogP contribution in [0.1, 0.15) is 19.8 Å². The smallest absolute Gasteiger partial charge is 0.154 e. The van der Waals surface area contributed by atoms with Crippen molar-refractivity contribution in [2.75, 3.05) is 0 Å². The van der Waals surface area contributed by atoms with Gasteiger partial charge in [0.15, 0.2) is 6.71 Å². The molecule has 64 valence electrons. The third-order valence-electron chi connectivity index (χ3n) is 2.42. The Bertz CT molecular complexity index is 232. The highest BCUT2D eigenvalue weighted by atomic mass is 32.1. The van der Waals surface area contributed by atoms with Crippen LogP contribution in [0.2, 0.25) is 13.1 Å². The number of rotatable bonds is 4. The zero-order valence-electron chi connectivity index (χ0n) is 8.26. The number of hydrogen-bond donors (Lipinski definition) is 0. The van der Waals surface area contributed by atoms with Gasteiger partial charge in [-0.1, -0.05) is 43.8 Å². The van der Waals surface area contributed by atoms with Crippen molar-refractivity contribution in [2.24, 2.45) is 0 Å². The quantitative estimate of drug-likeness (QED) is 0.606. The Balaban J connectivity index is 2.52. The number of thiophene rings is 1. The molecule has 1 heterocycles. The Kier molecular flexibility index (Phi) is 3.93. The Hall–Kier alpha value is -0.170. The molecule has 0 aliphatic heterocycles. The van der Waals surface area contributed by atoms with Gasteiger partial charge in [0, 0.05) is 0 Å². The van der Waals surface area contributed by atoms with E-state index < -0.39 is 0 Å². The van der Waals surface area contributed by atoms with Crippen LogP contribution >= 0.6 is 11.3 Å². The largest absolute Gasteiger partial charge is 0.173 e. The molecule has 0 amide bonds. The molecule has 0 N–H and O–H groups in total. The summed E-state index contributed by atoms with van der Waals surface area (Å²) in [6, 6.07) is 0. The van der Waals surface area contributed by atoms with Crippen molar-refractivity contribution in [3.8, 4) is 0 Å². The standard InChI is InChI=1S/C9H16B2S/c1-3-4-5-11(2)9-7-12-6-8(9)10/h6-7H,3-5,10H2,1-2H3. The molecule has 0 spiro atoms. The summed E-state index contributed by atoms with van der Waals surface area (Å²) in [5.74, 6) is 0. The summed E-state index contributed by atoms with van der Waals surface area (Å²) >= 11 is 1.83. The molecule has 0 nitrogen and oxygen atoms in total. The molecule has 0 unspecified atom stereocenters. The third kappa shape index (κ3) is 2.41. The fraction of sp³-hybridized carbons (Fsp3) is 0.556. The average Bonchev–Trinajstić information content (AvgIpc) is 2.47. The van der Waals surface area contributed by atoms with E-state index in [1.165, 1.54) is 24.6 Å². The second-order valence-electron chi connectivity index (χ2n) is 3.55. The highest BCUT2D eigenvalue weighted by Gasteiger charge is 2.11. The Labute approximate surface area is 80.9 Å². The molecular formula is C9H16B2S. The van der Waals surface area contributed by atoms with Gasteiger partial charge in [0.05, 0.1) is 0 Å². The van der Waals surface area contributed by atoms with Crippen LogP contribution in [-0.4, -0.2) is 14.6 Å². The van der Waals surface area contributed by atoms with E-state index in [2.05, 4.69) is 32.4 Å². The zero-order chi connectivity index (χ0) is 8.97. The Morgan fingerprint density at radius 2 is 2.25 bits per heavy atom. The normalized spacial score (nSPS) is 10.2. The monoisotopic (exact) mass is 178 g/mol. The molecule has 1 rings (SSSR count). The minimum atomic E-state index is 0.760. The summed E-state index contributed by atoms with van der Waals surface area (Å²) in [6.07, 6.45) is 4.01. The van der Waals surface area contributed by atoms with Crippen LogP contribution in [-0.2, 0) is 0 Å². The molecule has 0 bridgehead atoms. The van der Waals surface area contributed by atoms with E-state index in [-0.39, 0.29) is 0 Å². The number of hydrogen-bond acceptors (Lipinski definition) is 1. The van der Waals surface area contributed by atoms with Crippen LogP contribution in [0.4, 0.5) is 0 Å². The van der Waals surface area contributed by atoms with Gasteiger partial charge in [-0.05, 0) is 10.8 Å². The summed E-state index contributed by atoms with van der Waals surface area (Å²) in [6.45, 7) is 5.36. The maximum atomic E-state index is 2.34. The molecule has 0 saturated carbocycles. The first-order valence-corrected chi connectivity index (χ1v) is 5.72. The molecule has 1 aromatic rings. The van der Waals surface area contributed by atoms with Crippen molar-refractivity contribution in [1.82, 2.24) is 0 Å². The molecule has 0 saturated heterocycles. The van der Waals surface area contributed by atoms with Crippen LogP contribution in [0.25, 0.3) is 0 Å². The predicted molar refractivity (Wildman–Crippen MR) is 63.5 cm³/mol. The van der Waals surface area contributed by atoms with Crippen LogP contribution in [0.5, 0.6) is 0 Å². The van der Waals surface area contributed by atoms with Crippen LogP contribution in [0, 0.1) is 0 Å². The van der Waals surface area contributed by atoms with Crippen molar-refractivity contribution in [1.29, 1.82) is 0 Å². The van der Waals surface area contributed by atoms with Gasteiger partial charge in [0.1, 0.15) is 7.85 Å². The molecule has 1 aromatic heterocycles. The molecule has 0 atom stereocenters. The second-order valence-corrected chi connectivity index (χ2v) is 4.30. The molecule has 0 aromatic carbocycles. The number of unbranched alkanes of at least 4 members (excludes halogenated alkanes) is 1. The van der Waals surface area contributed by atoms with Gasteiger partial charge in [-0.3, -0.25) is 0 Å². The molecule has 0 aliphatic rings. The lowest BCUT2D eigenvalue weighted by Gasteiger charge is -2.06. The van der Waals surface area contributed by atoms with E-state index in [1.54, 1.807) is 5.46 Å². The van der Waals surface area contributed by atoms with Crippen LogP contribution < -0.4 is 10.9 Å². The first-order valence-electron chi connectivity index (χ1n) is 4.78. The Morgan fingerprint density at radius 3 is 2.75 bits per heavy atom. The van der Waals surface area contributed by atoms with E-state index in [0.717, 1.165) is 6.71 Å². The van der Waals surface area contributed by atoms with Crippen molar-refractivity contribution in [3.05, 3.63) is 10.8 Å². The fourth-order valence-electron chi connectivity index (χ4n) is 1.54. The van der Waals surface area contributed by atoms with Gasteiger partial charge < -0.3 is 0 Å². The third-order valence-corrected chi connectivity index (χ3v) is 3.30. The van der Waals surface area contributed by atoms with Gasteiger partial charge in [-0.15, -0.1) is 0 Å². The zero-order valence-corrected chi connectivity index (χ0v) is 9.08. The fourth-order valence-corrected chi connectivity index (χ4v) is 2.51. The lowest BCUT2D eigenvalue weighted by Crippen LogP contribution is -2.36. The summed E-state index contributed by atoms with van der Waals surface area (Å²) in [7, 11) is 2.22. The molecule has 0 fully saturated rings. The first kappa shape index (κ1) is 9.91. The van der Waals surface area contributed by atoms with Crippen molar-refractivity contribution >= 4 is 36.8 Å². The van der Waals surface area contributed by atoms with Gasteiger partial charge in [-0.25, -0.2) is 0 Å². The highest BCUT2D eigenvalue weighted by Crippen LogP contribution is 2.02. The van der Waals surface area contributed by atoms with E-state index in [1.807, 2.05) is 11.3 Å². The van der Waals surface area contributed by atoms with Crippen molar-refractivity contribution in [2.45, 2.75) is 32.9 Å². The molecule has 0 radical (unpaired) electrons. The van der Waals surface area contributed by atoms with Crippen LogP contribution in [0.15, 0.2) is 10.8 Å². The summed E-state index contributed by atoms with van der Waals surface area (Å²) in [5, 5.41) is 4.55. The van der Waals surface area contributed by atoms with Gasteiger partial charge in [0.2, 0.25) is 0 Å². The SMILES string of the molecule is Bc1cscc1B(C)CCCC. The van der Waals surface area contributed by atoms with E-state index in [0.29, 0.717) is 0 Å². The maximum Gasteiger partial charge on any atom is 0.173 e. The Morgan fingerprint density at radius 1 is 1.50 bits per heavy atom. The van der Waals surface area contributed by atoms with E-state index >= 15 is 0 Å². The van der Waals surface area contributed by atoms with Gasteiger partial charge >= 0.3 is 0 Å². The van der Waals surface area contributed by atoms with Crippen molar-refractivity contribution in [3.63, 3.8) is 0 Å². The van der Waals surface area contributed by atoms with Crippen molar-refractivity contribution < 1.29 is 0 Å². The molecule has 3 heteroatoms. The van der Waals surface area contributed by atoms with Gasteiger partial charge in [-0.2, -0.15) is 11.3 Å².